The summed E-state index contributed by atoms with van der Waals surface area (Å²) in [5, 5.41) is 3.07. The van der Waals surface area contributed by atoms with Gasteiger partial charge in [0.05, 0.1) is 6.61 Å². The maximum atomic E-state index is 6.08. The SMILES string of the molecule is CC(C)(C)[Si](/C=C\CO[Si](C)(C)C)(c1ccccc1)c1ccccc1. The van der Waals surface area contributed by atoms with Gasteiger partial charge in [0.25, 0.3) is 0 Å². The summed E-state index contributed by atoms with van der Waals surface area (Å²) in [5.41, 5.74) is 2.50. The molecule has 0 bridgehead atoms. The van der Waals surface area contributed by atoms with Gasteiger partial charge in [0.2, 0.25) is 0 Å². The average molecular weight is 369 g/mol. The molecule has 134 valence electrons. The van der Waals surface area contributed by atoms with Crippen LogP contribution in [0.15, 0.2) is 72.4 Å². The molecule has 0 aliphatic carbocycles. The van der Waals surface area contributed by atoms with Gasteiger partial charge in [-0.25, -0.2) is 0 Å². The summed E-state index contributed by atoms with van der Waals surface area (Å²) in [7, 11) is -3.58. The fraction of sp³-hybridized carbons (Fsp3) is 0.364. The zero-order valence-corrected chi connectivity index (χ0v) is 18.5. The topological polar surface area (TPSA) is 9.23 Å². The molecule has 0 aliphatic rings. The molecule has 2 rings (SSSR count). The summed E-state index contributed by atoms with van der Waals surface area (Å²) in [6, 6.07) is 22.1. The van der Waals surface area contributed by atoms with Crippen molar-refractivity contribution in [1.29, 1.82) is 0 Å². The number of hydrogen-bond donors (Lipinski definition) is 0. The highest BCUT2D eigenvalue weighted by molar-refractivity contribution is 7.07. The Labute approximate surface area is 155 Å². The van der Waals surface area contributed by atoms with Crippen molar-refractivity contribution >= 4 is 26.8 Å². The highest BCUT2D eigenvalue weighted by Gasteiger charge is 2.45. The first kappa shape index (κ1) is 19.9. The second-order valence-electron chi connectivity index (χ2n) is 8.62. The summed E-state index contributed by atoms with van der Waals surface area (Å²) in [5.74, 6) is 0. The lowest BCUT2D eigenvalue weighted by molar-refractivity contribution is 0.357. The third kappa shape index (κ3) is 4.81. The lowest BCUT2D eigenvalue weighted by Crippen LogP contribution is -2.63. The van der Waals surface area contributed by atoms with E-state index in [1.165, 1.54) is 10.4 Å². The molecule has 0 radical (unpaired) electrons. The number of benzene rings is 2. The van der Waals surface area contributed by atoms with Crippen LogP contribution in [0.5, 0.6) is 0 Å². The summed E-state index contributed by atoms with van der Waals surface area (Å²) in [6.45, 7) is 14.6. The van der Waals surface area contributed by atoms with E-state index in [0.717, 1.165) is 0 Å². The van der Waals surface area contributed by atoms with Crippen molar-refractivity contribution < 1.29 is 4.43 Å². The van der Waals surface area contributed by atoms with E-state index in [9.17, 15) is 0 Å². The third-order valence-corrected chi connectivity index (χ3v) is 11.2. The molecule has 0 unspecified atom stereocenters. The van der Waals surface area contributed by atoms with Gasteiger partial charge in [0, 0.05) is 0 Å². The van der Waals surface area contributed by atoms with Crippen LogP contribution >= 0.6 is 0 Å². The Morgan fingerprint density at radius 1 is 0.800 bits per heavy atom. The zero-order chi connectivity index (χ0) is 18.6. The maximum Gasteiger partial charge on any atom is 0.184 e. The molecular weight excluding hydrogens is 336 g/mol. The van der Waals surface area contributed by atoms with E-state index in [1.54, 1.807) is 0 Å². The van der Waals surface area contributed by atoms with Gasteiger partial charge in [-0.2, -0.15) is 0 Å². The molecule has 0 amide bonds. The first-order valence-corrected chi connectivity index (χ1v) is 14.6. The Morgan fingerprint density at radius 2 is 1.24 bits per heavy atom. The standard InChI is InChI=1S/C22H32OSi2/c1-22(2,3)25(20-14-9-7-10-15-20,21-16-11-8-12-17-21)19-13-18-23-24(4,5)6/h7-17,19H,18H2,1-6H3/b19-13-. The first-order valence-electron chi connectivity index (χ1n) is 9.09. The van der Waals surface area contributed by atoms with Crippen LogP contribution in [0.4, 0.5) is 0 Å². The molecular formula is C22H32OSi2. The highest BCUT2D eigenvalue weighted by atomic mass is 28.4. The molecule has 0 atom stereocenters. The first-order chi connectivity index (χ1) is 11.7. The molecule has 25 heavy (non-hydrogen) atoms. The van der Waals surface area contributed by atoms with Gasteiger partial charge in [-0.3, -0.25) is 0 Å². The molecule has 2 aromatic rings. The van der Waals surface area contributed by atoms with Crippen molar-refractivity contribution in [1.82, 2.24) is 0 Å². The van der Waals surface area contributed by atoms with Crippen LogP contribution in [0, 0.1) is 0 Å². The van der Waals surface area contributed by atoms with Crippen molar-refractivity contribution in [3.8, 4) is 0 Å². The molecule has 0 N–H and O–H groups in total. The summed E-state index contributed by atoms with van der Waals surface area (Å²) in [4.78, 5) is 0. The lowest BCUT2D eigenvalue weighted by atomic mass is 10.2. The van der Waals surface area contributed by atoms with Crippen molar-refractivity contribution in [2.24, 2.45) is 0 Å². The van der Waals surface area contributed by atoms with E-state index in [1.807, 2.05) is 0 Å². The largest absolute Gasteiger partial charge is 0.414 e. The predicted octanol–water partition coefficient (Wildman–Crippen LogP) is 5.00. The number of hydrogen-bond acceptors (Lipinski definition) is 1. The minimum absolute atomic E-state index is 0.158. The summed E-state index contributed by atoms with van der Waals surface area (Å²) in [6.07, 6.45) is 2.27. The molecule has 0 aromatic heterocycles. The molecule has 0 fully saturated rings. The molecule has 3 heteroatoms. The van der Waals surface area contributed by atoms with Gasteiger partial charge < -0.3 is 4.43 Å². The van der Waals surface area contributed by atoms with Crippen LogP contribution in [0.1, 0.15) is 20.8 Å². The average Bonchev–Trinajstić information content (AvgIpc) is 2.54. The Bertz CT molecular complexity index is 640. The van der Waals surface area contributed by atoms with Crippen molar-refractivity contribution in [3.63, 3.8) is 0 Å². The van der Waals surface area contributed by atoms with Gasteiger partial charge in [-0.15, -0.1) is 0 Å². The van der Waals surface area contributed by atoms with Crippen LogP contribution in [0.2, 0.25) is 24.7 Å². The second-order valence-corrected chi connectivity index (χ2v) is 17.7. The molecule has 2 aromatic carbocycles. The zero-order valence-electron chi connectivity index (χ0n) is 16.5. The van der Waals surface area contributed by atoms with Crippen LogP contribution in [-0.2, 0) is 4.43 Å². The van der Waals surface area contributed by atoms with Crippen LogP contribution in [-0.4, -0.2) is 23.0 Å². The fourth-order valence-corrected chi connectivity index (χ4v) is 8.83. The Kier molecular flexibility index (Phi) is 6.25. The van der Waals surface area contributed by atoms with Gasteiger partial charge in [0.1, 0.15) is 8.07 Å². The maximum absolute atomic E-state index is 6.08. The Hall–Kier alpha value is -1.43. The molecule has 0 aliphatic heterocycles. The van der Waals surface area contributed by atoms with E-state index in [0.29, 0.717) is 6.61 Å². The second kappa shape index (κ2) is 7.85. The normalized spacial score (nSPS) is 13.4. The summed E-state index contributed by atoms with van der Waals surface area (Å²) >= 11 is 0. The Morgan fingerprint density at radius 3 is 1.60 bits per heavy atom. The molecule has 0 saturated carbocycles. The van der Waals surface area contributed by atoms with Crippen LogP contribution < -0.4 is 10.4 Å². The summed E-state index contributed by atoms with van der Waals surface area (Å²) < 4.78 is 6.08. The minimum Gasteiger partial charge on any atom is -0.414 e. The quantitative estimate of drug-likeness (QED) is 0.652. The van der Waals surface area contributed by atoms with Crippen LogP contribution in [0.3, 0.4) is 0 Å². The van der Waals surface area contributed by atoms with E-state index in [-0.39, 0.29) is 5.04 Å². The van der Waals surface area contributed by atoms with E-state index < -0.39 is 16.4 Å². The van der Waals surface area contributed by atoms with Gasteiger partial charge in [-0.1, -0.05) is 93.2 Å². The van der Waals surface area contributed by atoms with Gasteiger partial charge in [-0.05, 0) is 35.1 Å². The van der Waals surface area contributed by atoms with Gasteiger partial charge in [0.15, 0.2) is 8.32 Å². The third-order valence-electron chi connectivity index (χ3n) is 4.62. The van der Waals surface area contributed by atoms with Crippen molar-refractivity contribution in [2.45, 2.75) is 45.5 Å². The molecule has 0 saturated heterocycles. The minimum atomic E-state index is -2.09. The monoisotopic (exact) mass is 368 g/mol. The van der Waals surface area contributed by atoms with Gasteiger partial charge >= 0.3 is 0 Å². The van der Waals surface area contributed by atoms with Crippen molar-refractivity contribution in [3.05, 3.63) is 72.4 Å². The molecule has 0 heterocycles. The fourth-order valence-electron chi connectivity index (χ4n) is 3.40. The smallest absolute Gasteiger partial charge is 0.184 e. The van der Waals surface area contributed by atoms with E-state index >= 15 is 0 Å². The number of rotatable bonds is 6. The molecule has 0 spiro atoms. The van der Waals surface area contributed by atoms with E-state index in [4.69, 9.17) is 4.43 Å². The predicted molar refractivity (Wildman–Crippen MR) is 116 cm³/mol. The highest BCUT2D eigenvalue weighted by Crippen LogP contribution is 2.36. The van der Waals surface area contributed by atoms with Crippen molar-refractivity contribution in [2.75, 3.05) is 6.61 Å². The Balaban J connectivity index is 2.55. The molecule has 1 nitrogen and oxygen atoms in total. The van der Waals surface area contributed by atoms with E-state index in [2.05, 4.69) is 113 Å². The lowest BCUT2D eigenvalue weighted by Gasteiger charge is -2.42. The van der Waals surface area contributed by atoms with Crippen LogP contribution in [0.25, 0.3) is 0 Å².